The smallest absolute Gasteiger partial charge is 0.199 e. The summed E-state index contributed by atoms with van der Waals surface area (Å²) in [7, 11) is 0. The van der Waals surface area contributed by atoms with Gasteiger partial charge in [-0.25, -0.2) is 4.39 Å². The molecule has 0 saturated carbocycles. The number of ether oxygens (including phenoxy) is 3. The minimum Gasteiger partial charge on any atom is -0.491 e. The number of halogens is 1. The lowest BCUT2D eigenvalue weighted by Gasteiger charge is -2.25. The highest BCUT2D eigenvalue weighted by Crippen LogP contribution is 2.32. The second-order valence-corrected chi connectivity index (χ2v) is 9.53. The van der Waals surface area contributed by atoms with Crippen LogP contribution in [0.3, 0.4) is 0 Å². The molecule has 4 nitrogen and oxygen atoms in total. The third kappa shape index (κ3) is 9.46. The summed E-state index contributed by atoms with van der Waals surface area (Å²) >= 11 is 0. The zero-order valence-electron chi connectivity index (χ0n) is 21.4. The summed E-state index contributed by atoms with van der Waals surface area (Å²) in [6.45, 7) is 3.62. The van der Waals surface area contributed by atoms with Crippen molar-refractivity contribution in [3.8, 4) is 22.6 Å². The Hall–Kier alpha value is -2.11. The second kappa shape index (κ2) is 15.8. The molecular formula is C30H43FO4. The van der Waals surface area contributed by atoms with E-state index in [-0.39, 0.29) is 18.7 Å². The Balaban J connectivity index is 1.55. The van der Waals surface area contributed by atoms with Crippen LogP contribution in [0.15, 0.2) is 36.4 Å². The Morgan fingerprint density at radius 1 is 0.886 bits per heavy atom. The molecule has 194 valence electrons. The maximum absolute atomic E-state index is 14.8. The molecule has 1 aliphatic heterocycles. The van der Waals surface area contributed by atoms with Crippen molar-refractivity contribution in [1.82, 2.24) is 0 Å². The average molecular weight is 487 g/mol. The highest BCUT2D eigenvalue weighted by molar-refractivity contribution is 5.66. The minimum absolute atomic E-state index is 0.114. The fourth-order valence-electron chi connectivity index (χ4n) is 4.50. The van der Waals surface area contributed by atoms with Gasteiger partial charge < -0.3 is 19.3 Å². The van der Waals surface area contributed by atoms with Crippen molar-refractivity contribution < 1.29 is 23.7 Å². The first-order valence-corrected chi connectivity index (χ1v) is 13.7. The molecule has 1 N–H and O–H groups in total. The van der Waals surface area contributed by atoms with E-state index >= 15 is 0 Å². The van der Waals surface area contributed by atoms with Crippen molar-refractivity contribution in [3.05, 3.63) is 47.8 Å². The Morgan fingerprint density at radius 2 is 1.60 bits per heavy atom. The van der Waals surface area contributed by atoms with Gasteiger partial charge in [-0.15, -0.1) is 0 Å². The van der Waals surface area contributed by atoms with Gasteiger partial charge in [-0.05, 0) is 73.1 Å². The topological polar surface area (TPSA) is 47.9 Å². The SMILES string of the molecule is CCCCCCCCCCOc1ccc(-c2ccc(OC3CCCCO3)c(CCCO)c2)cc1F. The highest BCUT2D eigenvalue weighted by atomic mass is 19.1. The first-order valence-electron chi connectivity index (χ1n) is 13.7. The van der Waals surface area contributed by atoms with Crippen LogP contribution < -0.4 is 9.47 Å². The van der Waals surface area contributed by atoms with Crippen molar-refractivity contribution in [2.75, 3.05) is 19.8 Å². The summed E-state index contributed by atoms with van der Waals surface area (Å²) in [4.78, 5) is 0. The second-order valence-electron chi connectivity index (χ2n) is 9.53. The molecule has 2 aromatic carbocycles. The number of hydrogen-bond donors (Lipinski definition) is 1. The van der Waals surface area contributed by atoms with E-state index in [1.165, 1.54) is 38.5 Å². The summed E-state index contributed by atoms with van der Waals surface area (Å²) in [5.41, 5.74) is 2.72. The maximum atomic E-state index is 14.8. The molecule has 0 amide bonds. The van der Waals surface area contributed by atoms with Crippen LogP contribution in [0.2, 0.25) is 0 Å². The minimum atomic E-state index is -0.338. The van der Waals surface area contributed by atoms with Crippen LogP contribution in [-0.2, 0) is 11.2 Å². The Bertz CT molecular complexity index is 863. The van der Waals surface area contributed by atoms with Gasteiger partial charge in [-0.1, -0.05) is 64.0 Å². The van der Waals surface area contributed by atoms with E-state index in [1.54, 1.807) is 12.1 Å². The van der Waals surface area contributed by atoms with Crippen LogP contribution in [-0.4, -0.2) is 31.2 Å². The summed E-state index contributed by atoms with van der Waals surface area (Å²) in [6, 6.07) is 11.1. The molecular weight excluding hydrogens is 443 g/mol. The number of aryl methyl sites for hydroxylation is 1. The van der Waals surface area contributed by atoms with Crippen LogP contribution in [0.4, 0.5) is 4.39 Å². The van der Waals surface area contributed by atoms with E-state index in [0.29, 0.717) is 25.2 Å². The summed E-state index contributed by atoms with van der Waals surface area (Å²) in [5.74, 6) is 0.751. The molecule has 35 heavy (non-hydrogen) atoms. The van der Waals surface area contributed by atoms with Crippen molar-refractivity contribution in [2.24, 2.45) is 0 Å². The predicted molar refractivity (Wildman–Crippen MR) is 140 cm³/mol. The molecule has 1 heterocycles. The van der Waals surface area contributed by atoms with Gasteiger partial charge in [0.2, 0.25) is 0 Å². The van der Waals surface area contributed by atoms with Crippen molar-refractivity contribution in [1.29, 1.82) is 0 Å². The van der Waals surface area contributed by atoms with E-state index in [4.69, 9.17) is 14.2 Å². The lowest BCUT2D eigenvalue weighted by molar-refractivity contribution is -0.106. The van der Waals surface area contributed by atoms with Gasteiger partial charge in [0.05, 0.1) is 13.2 Å². The maximum Gasteiger partial charge on any atom is 0.199 e. The Kier molecular flexibility index (Phi) is 12.4. The molecule has 0 bridgehead atoms. The van der Waals surface area contributed by atoms with Gasteiger partial charge in [-0.3, -0.25) is 0 Å². The van der Waals surface area contributed by atoms with Crippen molar-refractivity contribution >= 4 is 0 Å². The quantitative estimate of drug-likeness (QED) is 0.246. The number of aliphatic hydroxyl groups is 1. The van der Waals surface area contributed by atoms with Gasteiger partial charge >= 0.3 is 0 Å². The molecule has 0 spiro atoms. The summed E-state index contributed by atoms with van der Waals surface area (Å²) < 4.78 is 32.3. The van der Waals surface area contributed by atoms with E-state index in [9.17, 15) is 9.50 Å². The largest absolute Gasteiger partial charge is 0.491 e. The molecule has 1 saturated heterocycles. The molecule has 0 radical (unpaired) electrons. The van der Waals surface area contributed by atoms with Crippen LogP contribution >= 0.6 is 0 Å². The van der Waals surface area contributed by atoms with E-state index in [0.717, 1.165) is 61.2 Å². The van der Waals surface area contributed by atoms with Crippen LogP contribution in [0.25, 0.3) is 11.1 Å². The molecule has 5 heteroatoms. The number of benzene rings is 2. The third-order valence-electron chi connectivity index (χ3n) is 6.58. The summed E-state index contributed by atoms with van der Waals surface area (Å²) in [5, 5.41) is 9.33. The highest BCUT2D eigenvalue weighted by Gasteiger charge is 2.17. The van der Waals surface area contributed by atoms with Crippen LogP contribution in [0.1, 0.15) is 89.5 Å². The first kappa shape index (κ1) is 27.5. The third-order valence-corrected chi connectivity index (χ3v) is 6.58. The van der Waals surface area contributed by atoms with E-state index < -0.39 is 0 Å². The fraction of sp³-hybridized carbons (Fsp3) is 0.600. The Morgan fingerprint density at radius 3 is 2.29 bits per heavy atom. The van der Waals surface area contributed by atoms with Crippen molar-refractivity contribution in [3.63, 3.8) is 0 Å². The van der Waals surface area contributed by atoms with Crippen molar-refractivity contribution in [2.45, 2.75) is 96.7 Å². The summed E-state index contributed by atoms with van der Waals surface area (Å²) in [6.07, 6.45) is 14.0. The average Bonchev–Trinajstić information content (AvgIpc) is 2.88. The first-order chi connectivity index (χ1) is 17.2. The number of hydrogen-bond acceptors (Lipinski definition) is 4. The van der Waals surface area contributed by atoms with Gasteiger partial charge in [0.25, 0.3) is 0 Å². The zero-order valence-corrected chi connectivity index (χ0v) is 21.4. The molecule has 1 unspecified atom stereocenters. The fourth-order valence-corrected chi connectivity index (χ4v) is 4.50. The lowest BCUT2D eigenvalue weighted by atomic mass is 9.99. The van der Waals surface area contributed by atoms with Gasteiger partial charge in [0.15, 0.2) is 17.9 Å². The van der Waals surface area contributed by atoms with E-state index in [1.807, 2.05) is 24.3 Å². The monoisotopic (exact) mass is 486 g/mol. The molecule has 0 aliphatic carbocycles. The number of unbranched alkanes of at least 4 members (excludes halogenated alkanes) is 7. The molecule has 1 fully saturated rings. The van der Waals surface area contributed by atoms with Gasteiger partial charge in [-0.2, -0.15) is 0 Å². The van der Waals surface area contributed by atoms with E-state index in [2.05, 4.69) is 6.92 Å². The van der Waals surface area contributed by atoms with Gasteiger partial charge in [0.1, 0.15) is 5.75 Å². The zero-order chi connectivity index (χ0) is 24.7. The standard InChI is InChI=1S/C30H43FO4/c1-2-3-4-5-6-7-8-10-20-33-29-18-16-25(23-27(29)31)24-15-17-28(26(22-24)13-12-19-32)35-30-14-9-11-21-34-30/h15-18,22-23,30,32H,2-14,19-21H2,1H3. The normalized spacial score (nSPS) is 15.8. The predicted octanol–water partition coefficient (Wildman–Crippen LogP) is 7.84. The van der Waals surface area contributed by atoms with Crippen LogP contribution in [0, 0.1) is 5.82 Å². The number of rotatable bonds is 16. The molecule has 1 aliphatic rings. The van der Waals surface area contributed by atoms with Crippen LogP contribution in [0.5, 0.6) is 11.5 Å². The Labute approximate surface area is 210 Å². The molecule has 1 atom stereocenters. The molecule has 3 rings (SSSR count). The molecule has 0 aromatic heterocycles. The van der Waals surface area contributed by atoms with Gasteiger partial charge in [0, 0.05) is 13.0 Å². The lowest BCUT2D eigenvalue weighted by Crippen LogP contribution is -2.25. The number of aliphatic hydroxyl groups excluding tert-OH is 1. The molecule has 2 aromatic rings.